The predicted molar refractivity (Wildman–Crippen MR) is 95.5 cm³/mol. The van der Waals surface area contributed by atoms with Crippen molar-refractivity contribution in [1.82, 2.24) is 4.98 Å². The lowest BCUT2D eigenvalue weighted by Crippen LogP contribution is -2.13. The van der Waals surface area contributed by atoms with Crippen LogP contribution in [0.2, 0.25) is 5.15 Å². The van der Waals surface area contributed by atoms with Crippen molar-refractivity contribution >= 4 is 17.5 Å². The summed E-state index contributed by atoms with van der Waals surface area (Å²) >= 11 is 5.84. The lowest BCUT2D eigenvalue weighted by Gasteiger charge is -2.10. The summed E-state index contributed by atoms with van der Waals surface area (Å²) in [4.78, 5) is 15.4. The lowest BCUT2D eigenvalue weighted by atomic mass is 10.2. The minimum Gasteiger partial charge on any atom is -0.457 e. The van der Waals surface area contributed by atoms with Gasteiger partial charge in [0.1, 0.15) is 28.0 Å². The van der Waals surface area contributed by atoms with Gasteiger partial charge in [-0.05, 0) is 54.6 Å². The van der Waals surface area contributed by atoms with Gasteiger partial charge in [-0.1, -0.05) is 17.7 Å². The molecule has 7 heteroatoms. The number of nitrogens with zero attached hydrogens (tertiary/aromatic N) is 2. The average molecular weight is 366 g/mol. The third-order valence-electron chi connectivity index (χ3n) is 3.33. The average Bonchev–Trinajstić information content (AvgIpc) is 2.63. The van der Waals surface area contributed by atoms with E-state index in [1.807, 2.05) is 0 Å². The number of aromatic nitrogens is 1. The maximum Gasteiger partial charge on any atom is 0.254 e. The molecule has 0 fully saturated rings. The third-order valence-corrected chi connectivity index (χ3v) is 3.54. The molecule has 1 amide bonds. The van der Waals surface area contributed by atoms with Crippen LogP contribution in [0.15, 0.2) is 60.7 Å². The molecule has 26 heavy (non-hydrogen) atoms. The maximum absolute atomic E-state index is 11.4. The summed E-state index contributed by atoms with van der Waals surface area (Å²) in [6.07, 6.45) is 0. The molecule has 2 aromatic carbocycles. The summed E-state index contributed by atoms with van der Waals surface area (Å²) < 4.78 is 11.3. The molecule has 0 aliphatic rings. The van der Waals surface area contributed by atoms with Crippen molar-refractivity contribution in [1.29, 1.82) is 5.26 Å². The first-order valence-electron chi connectivity index (χ1n) is 7.47. The first-order valence-corrected chi connectivity index (χ1v) is 7.85. The van der Waals surface area contributed by atoms with E-state index < -0.39 is 5.91 Å². The third kappa shape index (κ3) is 4.09. The number of nitriles is 1. The van der Waals surface area contributed by atoms with E-state index in [1.165, 1.54) is 12.1 Å². The highest BCUT2D eigenvalue weighted by Crippen LogP contribution is 2.28. The van der Waals surface area contributed by atoms with Crippen molar-refractivity contribution in [3.05, 3.63) is 76.9 Å². The minimum absolute atomic E-state index is 0.0281. The molecule has 0 aliphatic carbocycles. The topological polar surface area (TPSA) is 98.2 Å². The molecule has 1 heterocycles. The zero-order valence-corrected chi connectivity index (χ0v) is 14.1. The summed E-state index contributed by atoms with van der Waals surface area (Å²) in [5, 5.41) is 9.10. The van der Waals surface area contributed by atoms with Crippen molar-refractivity contribution in [3.8, 4) is 29.2 Å². The van der Waals surface area contributed by atoms with Crippen molar-refractivity contribution < 1.29 is 14.3 Å². The van der Waals surface area contributed by atoms with E-state index in [0.717, 1.165) is 0 Å². The molecular formula is C19H12ClN3O3. The van der Waals surface area contributed by atoms with E-state index in [-0.39, 0.29) is 16.6 Å². The highest BCUT2D eigenvalue weighted by atomic mass is 35.5. The van der Waals surface area contributed by atoms with Crippen molar-refractivity contribution in [3.63, 3.8) is 0 Å². The molecule has 0 unspecified atom stereocenters. The predicted octanol–water partition coefficient (Wildman–Crippen LogP) is 4.29. The monoisotopic (exact) mass is 365 g/mol. The van der Waals surface area contributed by atoms with Gasteiger partial charge in [0.25, 0.3) is 5.91 Å². The van der Waals surface area contributed by atoms with Crippen LogP contribution < -0.4 is 15.2 Å². The number of carbonyl (C=O) groups excluding carboxylic acids is 1. The summed E-state index contributed by atoms with van der Waals surface area (Å²) in [5.74, 6) is 0.897. The molecule has 6 nitrogen and oxygen atoms in total. The Morgan fingerprint density at radius 3 is 2.35 bits per heavy atom. The van der Waals surface area contributed by atoms with E-state index >= 15 is 0 Å². The smallest absolute Gasteiger partial charge is 0.254 e. The summed E-state index contributed by atoms with van der Waals surface area (Å²) in [5.41, 5.74) is 5.94. The summed E-state index contributed by atoms with van der Waals surface area (Å²) in [7, 11) is 0. The number of ether oxygens (including phenoxy) is 2. The second kappa shape index (κ2) is 7.55. The van der Waals surface area contributed by atoms with Gasteiger partial charge in [0.15, 0.2) is 0 Å². The molecule has 128 valence electrons. The molecule has 0 spiro atoms. The van der Waals surface area contributed by atoms with Gasteiger partial charge in [0.2, 0.25) is 5.88 Å². The van der Waals surface area contributed by atoms with Gasteiger partial charge < -0.3 is 15.2 Å². The van der Waals surface area contributed by atoms with Gasteiger partial charge in [-0.3, -0.25) is 4.79 Å². The highest BCUT2D eigenvalue weighted by Gasteiger charge is 2.13. The lowest BCUT2D eigenvalue weighted by molar-refractivity contribution is 0.0997. The molecule has 3 aromatic rings. The number of hydrogen-bond acceptors (Lipinski definition) is 5. The Morgan fingerprint density at radius 2 is 1.69 bits per heavy atom. The highest BCUT2D eigenvalue weighted by molar-refractivity contribution is 6.29. The Labute approximate surface area is 154 Å². The number of rotatable bonds is 5. The van der Waals surface area contributed by atoms with Crippen LogP contribution >= 0.6 is 11.6 Å². The fourth-order valence-corrected chi connectivity index (χ4v) is 2.28. The van der Waals surface area contributed by atoms with Crippen LogP contribution in [0.5, 0.6) is 23.1 Å². The minimum atomic E-state index is -0.665. The standard InChI is InChI=1S/C19H12ClN3O3/c20-17-9-8-16(18(22)24)19(23-17)26-14-6-4-13(5-7-14)25-15-3-1-2-12(10-15)11-21/h1-10H,(H2,22,24). The number of pyridine rings is 1. The zero-order chi connectivity index (χ0) is 18.5. The Kier molecular flexibility index (Phi) is 5.02. The normalized spacial score (nSPS) is 10.0. The quantitative estimate of drug-likeness (QED) is 0.680. The molecule has 1 aromatic heterocycles. The number of benzene rings is 2. The Hall–Kier alpha value is -3.56. The van der Waals surface area contributed by atoms with Crippen molar-refractivity contribution in [2.45, 2.75) is 0 Å². The Bertz CT molecular complexity index is 998. The van der Waals surface area contributed by atoms with Gasteiger partial charge >= 0.3 is 0 Å². The molecule has 0 aliphatic heterocycles. The molecule has 0 radical (unpaired) electrons. The Balaban J connectivity index is 1.77. The van der Waals surface area contributed by atoms with Gasteiger partial charge in [-0.2, -0.15) is 5.26 Å². The van der Waals surface area contributed by atoms with E-state index in [1.54, 1.807) is 48.5 Å². The number of carbonyl (C=O) groups is 1. The zero-order valence-electron chi connectivity index (χ0n) is 13.3. The van der Waals surface area contributed by atoms with Gasteiger partial charge in [-0.25, -0.2) is 4.98 Å². The number of hydrogen-bond donors (Lipinski definition) is 1. The molecule has 0 saturated heterocycles. The van der Waals surface area contributed by atoms with Crippen LogP contribution in [0.1, 0.15) is 15.9 Å². The van der Waals surface area contributed by atoms with Gasteiger partial charge in [-0.15, -0.1) is 0 Å². The van der Waals surface area contributed by atoms with E-state index in [0.29, 0.717) is 22.8 Å². The number of amides is 1. The van der Waals surface area contributed by atoms with Crippen LogP contribution in [-0.2, 0) is 0 Å². The Morgan fingerprint density at radius 1 is 1.00 bits per heavy atom. The van der Waals surface area contributed by atoms with Gasteiger partial charge in [0, 0.05) is 0 Å². The van der Waals surface area contributed by atoms with E-state index in [9.17, 15) is 4.79 Å². The molecule has 0 bridgehead atoms. The van der Waals surface area contributed by atoms with Crippen LogP contribution in [0.3, 0.4) is 0 Å². The number of primary amides is 1. The molecule has 0 saturated carbocycles. The van der Waals surface area contributed by atoms with Crippen LogP contribution in [0.4, 0.5) is 0 Å². The molecule has 3 rings (SSSR count). The second-order valence-electron chi connectivity index (χ2n) is 5.17. The number of nitrogens with two attached hydrogens (primary N) is 1. The fraction of sp³-hybridized carbons (Fsp3) is 0. The molecular weight excluding hydrogens is 354 g/mol. The molecule has 2 N–H and O–H groups in total. The van der Waals surface area contributed by atoms with Gasteiger partial charge in [0.05, 0.1) is 11.6 Å². The summed E-state index contributed by atoms with van der Waals surface area (Å²) in [6, 6.07) is 18.4. The summed E-state index contributed by atoms with van der Waals surface area (Å²) in [6.45, 7) is 0. The van der Waals surface area contributed by atoms with E-state index in [2.05, 4.69) is 11.1 Å². The van der Waals surface area contributed by atoms with Crippen molar-refractivity contribution in [2.24, 2.45) is 5.73 Å². The first kappa shape index (κ1) is 17.3. The first-order chi connectivity index (χ1) is 12.5. The van der Waals surface area contributed by atoms with Crippen LogP contribution in [0.25, 0.3) is 0 Å². The fourth-order valence-electron chi connectivity index (χ4n) is 2.14. The van der Waals surface area contributed by atoms with Crippen LogP contribution in [0, 0.1) is 11.3 Å². The number of halogens is 1. The maximum atomic E-state index is 11.4. The van der Waals surface area contributed by atoms with Crippen molar-refractivity contribution in [2.75, 3.05) is 0 Å². The molecule has 0 atom stereocenters. The SMILES string of the molecule is N#Cc1cccc(Oc2ccc(Oc3nc(Cl)ccc3C(N)=O)cc2)c1. The van der Waals surface area contributed by atoms with E-state index in [4.69, 9.17) is 32.1 Å². The van der Waals surface area contributed by atoms with Crippen LogP contribution in [-0.4, -0.2) is 10.9 Å². The largest absolute Gasteiger partial charge is 0.457 e. The second-order valence-corrected chi connectivity index (χ2v) is 5.55.